The molecule has 4 heteroatoms. The van der Waals surface area contributed by atoms with Gasteiger partial charge in [-0.15, -0.1) is 0 Å². The molecule has 23 heavy (non-hydrogen) atoms. The number of furan rings is 1. The third-order valence-corrected chi connectivity index (χ3v) is 5.62. The van der Waals surface area contributed by atoms with Crippen LogP contribution in [0.4, 0.5) is 0 Å². The van der Waals surface area contributed by atoms with E-state index in [0.29, 0.717) is 0 Å². The highest BCUT2D eigenvalue weighted by Gasteiger charge is 2.44. The van der Waals surface area contributed by atoms with Crippen LogP contribution < -0.4 is 0 Å². The molecule has 1 N–H and O–H groups in total. The van der Waals surface area contributed by atoms with Gasteiger partial charge in [0, 0.05) is 30.4 Å². The highest BCUT2D eigenvalue weighted by Crippen LogP contribution is 2.39. The van der Waals surface area contributed by atoms with E-state index in [1.807, 2.05) is 18.2 Å². The summed E-state index contributed by atoms with van der Waals surface area (Å²) in [5.74, 6) is 1.03. The second-order valence-electron chi connectivity index (χ2n) is 7.47. The Morgan fingerprint density at radius 3 is 3.00 bits per heavy atom. The van der Waals surface area contributed by atoms with E-state index in [9.17, 15) is 5.11 Å². The molecular formula is C19H26N2O2. The average molecular weight is 314 g/mol. The van der Waals surface area contributed by atoms with Crippen LogP contribution in [0.5, 0.6) is 0 Å². The molecular weight excluding hydrogens is 288 g/mol. The van der Waals surface area contributed by atoms with Crippen molar-refractivity contribution in [3.05, 3.63) is 36.1 Å². The van der Waals surface area contributed by atoms with E-state index in [-0.39, 0.29) is 11.5 Å². The minimum absolute atomic E-state index is 0.0390. The van der Waals surface area contributed by atoms with Crippen LogP contribution in [0.1, 0.15) is 25.0 Å². The van der Waals surface area contributed by atoms with Gasteiger partial charge in [0.2, 0.25) is 0 Å². The summed E-state index contributed by atoms with van der Waals surface area (Å²) in [5, 5.41) is 11.8. The van der Waals surface area contributed by atoms with Crippen LogP contribution >= 0.6 is 0 Å². The highest BCUT2D eigenvalue weighted by atomic mass is 16.3. The highest BCUT2D eigenvalue weighted by molar-refractivity contribution is 5.77. The molecule has 4 nitrogen and oxygen atoms in total. The van der Waals surface area contributed by atoms with Crippen molar-refractivity contribution in [2.45, 2.75) is 31.9 Å². The molecule has 0 amide bonds. The first-order valence-corrected chi connectivity index (χ1v) is 8.71. The summed E-state index contributed by atoms with van der Waals surface area (Å²) in [6.07, 6.45) is 3.02. The number of nitrogens with zero attached hydrogens (tertiary/aromatic N) is 2. The van der Waals surface area contributed by atoms with Crippen LogP contribution in [0.15, 0.2) is 34.7 Å². The van der Waals surface area contributed by atoms with E-state index in [0.717, 1.165) is 63.3 Å². The van der Waals surface area contributed by atoms with Crippen molar-refractivity contribution in [1.82, 2.24) is 9.80 Å². The molecule has 1 aromatic carbocycles. The molecule has 0 saturated carbocycles. The molecule has 1 aromatic heterocycles. The molecule has 0 bridgehead atoms. The lowest BCUT2D eigenvalue weighted by Gasteiger charge is -2.50. The third kappa shape index (κ3) is 2.91. The van der Waals surface area contributed by atoms with Crippen molar-refractivity contribution in [1.29, 1.82) is 0 Å². The first kappa shape index (κ1) is 15.2. The summed E-state index contributed by atoms with van der Waals surface area (Å²) in [6, 6.07) is 10.3. The number of likely N-dealkylation sites (tertiary alicyclic amines) is 2. The molecule has 2 fully saturated rings. The maximum absolute atomic E-state index is 10.6. The minimum atomic E-state index is -0.169. The monoisotopic (exact) mass is 314 g/mol. The maximum Gasteiger partial charge on any atom is 0.134 e. The Balaban J connectivity index is 1.50. The second kappa shape index (κ2) is 5.93. The topological polar surface area (TPSA) is 39.9 Å². The van der Waals surface area contributed by atoms with Gasteiger partial charge in [0.05, 0.1) is 12.6 Å². The number of benzene rings is 1. The zero-order valence-electron chi connectivity index (χ0n) is 13.9. The Morgan fingerprint density at radius 2 is 2.13 bits per heavy atom. The zero-order valence-corrected chi connectivity index (χ0v) is 13.9. The lowest BCUT2D eigenvalue weighted by molar-refractivity contribution is -0.0815. The smallest absolute Gasteiger partial charge is 0.134 e. The number of aliphatic hydroxyl groups is 1. The third-order valence-electron chi connectivity index (χ3n) is 5.62. The summed E-state index contributed by atoms with van der Waals surface area (Å²) in [4.78, 5) is 4.83. The van der Waals surface area contributed by atoms with Crippen molar-refractivity contribution in [3.8, 4) is 0 Å². The van der Waals surface area contributed by atoms with Crippen molar-refractivity contribution in [2.75, 3.05) is 33.2 Å². The van der Waals surface area contributed by atoms with Crippen molar-refractivity contribution in [3.63, 3.8) is 0 Å². The Labute approximate surface area is 137 Å². The fraction of sp³-hybridized carbons (Fsp3) is 0.579. The van der Waals surface area contributed by atoms with Crippen LogP contribution in [0, 0.1) is 5.41 Å². The molecule has 0 aliphatic carbocycles. The summed E-state index contributed by atoms with van der Waals surface area (Å²) in [6.45, 7) is 4.91. The normalized spacial score (nSPS) is 30.3. The fourth-order valence-electron chi connectivity index (χ4n) is 4.50. The molecule has 1 spiro atoms. The van der Waals surface area contributed by atoms with Crippen molar-refractivity contribution >= 4 is 11.0 Å². The van der Waals surface area contributed by atoms with E-state index < -0.39 is 0 Å². The number of piperidine rings is 2. The van der Waals surface area contributed by atoms with Crippen LogP contribution in [0.3, 0.4) is 0 Å². The number of hydrogen-bond acceptors (Lipinski definition) is 4. The molecule has 2 saturated heterocycles. The number of aliphatic hydroxyl groups excluding tert-OH is 1. The van der Waals surface area contributed by atoms with E-state index in [2.05, 4.69) is 29.0 Å². The largest absolute Gasteiger partial charge is 0.460 e. The molecule has 2 aromatic rings. The van der Waals surface area contributed by atoms with Crippen LogP contribution in [-0.4, -0.2) is 54.2 Å². The molecule has 4 rings (SSSR count). The van der Waals surface area contributed by atoms with Crippen molar-refractivity contribution in [2.24, 2.45) is 5.41 Å². The summed E-state index contributed by atoms with van der Waals surface area (Å²) in [7, 11) is 2.17. The average Bonchev–Trinajstić information content (AvgIpc) is 2.94. The lowest BCUT2D eigenvalue weighted by Crippen LogP contribution is -2.58. The van der Waals surface area contributed by atoms with Gasteiger partial charge in [-0.2, -0.15) is 0 Å². The van der Waals surface area contributed by atoms with Gasteiger partial charge in [0.25, 0.3) is 0 Å². The Kier molecular flexibility index (Phi) is 3.92. The molecule has 0 unspecified atom stereocenters. The van der Waals surface area contributed by atoms with Crippen molar-refractivity contribution < 1.29 is 9.52 Å². The molecule has 124 valence electrons. The molecule has 2 atom stereocenters. The number of hydrogen-bond donors (Lipinski definition) is 1. The van der Waals surface area contributed by atoms with Gasteiger partial charge in [0.1, 0.15) is 11.3 Å². The lowest BCUT2D eigenvalue weighted by atomic mass is 9.71. The number of para-hydroxylation sites is 1. The van der Waals surface area contributed by atoms with Gasteiger partial charge in [-0.05, 0) is 45.0 Å². The SMILES string of the molecule is CN1CC[C@H](O)[C@@]2(CCCN(Cc3cc4ccccc4o3)C2)C1. The Hall–Kier alpha value is -1.36. The maximum atomic E-state index is 10.6. The predicted octanol–water partition coefficient (Wildman–Crippen LogP) is 2.71. The van der Waals surface area contributed by atoms with Crippen LogP contribution in [0.2, 0.25) is 0 Å². The summed E-state index contributed by atoms with van der Waals surface area (Å²) >= 11 is 0. The predicted molar refractivity (Wildman–Crippen MR) is 91.3 cm³/mol. The van der Waals surface area contributed by atoms with Gasteiger partial charge >= 0.3 is 0 Å². The van der Waals surface area contributed by atoms with E-state index in [4.69, 9.17) is 4.42 Å². The Morgan fingerprint density at radius 1 is 1.26 bits per heavy atom. The number of fused-ring (bicyclic) bond motifs is 1. The van der Waals surface area contributed by atoms with Crippen LogP contribution in [0.25, 0.3) is 11.0 Å². The molecule has 2 aliphatic rings. The molecule has 0 radical (unpaired) electrons. The van der Waals surface area contributed by atoms with Gasteiger partial charge in [-0.25, -0.2) is 0 Å². The minimum Gasteiger partial charge on any atom is -0.460 e. The first-order valence-electron chi connectivity index (χ1n) is 8.71. The molecule has 2 aliphatic heterocycles. The van der Waals surface area contributed by atoms with E-state index >= 15 is 0 Å². The first-order chi connectivity index (χ1) is 11.1. The second-order valence-corrected chi connectivity index (χ2v) is 7.47. The van der Waals surface area contributed by atoms with E-state index in [1.165, 1.54) is 5.39 Å². The standard InChI is InChI=1S/C19H26N2O2/c1-20-10-7-18(22)19(13-20)8-4-9-21(14-19)12-16-11-15-5-2-3-6-17(15)23-16/h2-3,5-6,11,18,22H,4,7-10,12-14H2,1H3/t18-,19-/m0/s1. The zero-order chi connectivity index (χ0) is 15.9. The molecule has 3 heterocycles. The van der Waals surface area contributed by atoms with Gasteiger partial charge in [0.15, 0.2) is 0 Å². The van der Waals surface area contributed by atoms with Gasteiger partial charge < -0.3 is 14.4 Å². The van der Waals surface area contributed by atoms with E-state index in [1.54, 1.807) is 0 Å². The summed E-state index contributed by atoms with van der Waals surface area (Å²) in [5.41, 5.74) is 1.00. The van der Waals surface area contributed by atoms with Crippen LogP contribution in [-0.2, 0) is 6.54 Å². The number of rotatable bonds is 2. The fourth-order valence-corrected chi connectivity index (χ4v) is 4.50. The quantitative estimate of drug-likeness (QED) is 0.925. The van der Waals surface area contributed by atoms with Gasteiger partial charge in [-0.3, -0.25) is 4.90 Å². The Bertz CT molecular complexity index is 650. The summed E-state index contributed by atoms with van der Waals surface area (Å²) < 4.78 is 5.98. The van der Waals surface area contributed by atoms with Gasteiger partial charge in [-0.1, -0.05) is 18.2 Å².